The first-order chi connectivity index (χ1) is 13.2. The number of carbonyl (C=O) groups is 1. The normalized spacial score (nSPS) is 10.7. The van der Waals surface area contributed by atoms with Crippen molar-refractivity contribution < 1.29 is 14.3 Å². The number of para-hydroxylation sites is 1. The number of hydrogen-bond donors (Lipinski definition) is 1. The highest BCUT2D eigenvalue weighted by Gasteiger charge is 2.10. The number of rotatable bonds is 7. The number of ether oxygens (including phenoxy) is 2. The van der Waals surface area contributed by atoms with Crippen LogP contribution in [-0.2, 0) is 4.79 Å². The quantitative estimate of drug-likeness (QED) is 0.691. The number of methoxy groups -OCH3 is 1. The second-order valence-corrected chi connectivity index (χ2v) is 5.76. The fourth-order valence-electron chi connectivity index (χ4n) is 2.55. The molecule has 138 valence electrons. The van der Waals surface area contributed by atoms with Gasteiger partial charge < -0.3 is 14.8 Å². The highest BCUT2D eigenvalue weighted by Crippen LogP contribution is 2.28. The van der Waals surface area contributed by atoms with Gasteiger partial charge in [-0.3, -0.25) is 4.79 Å². The molecular formula is C21H21N3O3. The molecule has 6 nitrogen and oxygen atoms in total. The predicted octanol–water partition coefficient (Wildman–Crippen LogP) is 3.93. The average Bonchev–Trinajstić information content (AvgIpc) is 3.16. The Morgan fingerprint density at radius 1 is 1.19 bits per heavy atom. The van der Waals surface area contributed by atoms with Gasteiger partial charge in [0.1, 0.15) is 0 Å². The molecule has 0 saturated heterocycles. The molecule has 1 heterocycles. The zero-order valence-electron chi connectivity index (χ0n) is 15.3. The van der Waals surface area contributed by atoms with Crippen LogP contribution in [0.2, 0.25) is 0 Å². The molecule has 3 rings (SSSR count). The maximum absolute atomic E-state index is 12.2. The zero-order chi connectivity index (χ0) is 19.1. The first-order valence-corrected chi connectivity index (χ1v) is 8.53. The van der Waals surface area contributed by atoms with E-state index in [4.69, 9.17) is 9.47 Å². The summed E-state index contributed by atoms with van der Waals surface area (Å²) in [4.78, 5) is 12.2. The summed E-state index contributed by atoms with van der Waals surface area (Å²) in [5.41, 5.74) is 2.52. The van der Waals surface area contributed by atoms with E-state index in [-0.39, 0.29) is 12.5 Å². The monoisotopic (exact) mass is 363 g/mol. The minimum absolute atomic E-state index is 0.129. The molecule has 0 atom stereocenters. The van der Waals surface area contributed by atoms with Crippen molar-refractivity contribution in [3.05, 3.63) is 72.6 Å². The molecule has 6 heteroatoms. The molecule has 0 aliphatic heterocycles. The summed E-state index contributed by atoms with van der Waals surface area (Å²) in [6.45, 7) is 1.82. The molecule has 1 amide bonds. The lowest BCUT2D eigenvalue weighted by molar-refractivity contribution is -0.118. The minimum atomic E-state index is -0.276. The number of aromatic nitrogens is 2. The second kappa shape index (κ2) is 8.71. The fourth-order valence-corrected chi connectivity index (χ4v) is 2.55. The van der Waals surface area contributed by atoms with E-state index in [2.05, 4.69) is 10.4 Å². The number of allylic oxidation sites excluding steroid dienone is 1. The van der Waals surface area contributed by atoms with Crippen molar-refractivity contribution in [3.63, 3.8) is 0 Å². The first-order valence-electron chi connectivity index (χ1n) is 8.53. The van der Waals surface area contributed by atoms with Gasteiger partial charge in [-0.2, -0.15) is 5.10 Å². The highest BCUT2D eigenvalue weighted by atomic mass is 16.5. The van der Waals surface area contributed by atoms with Crippen LogP contribution < -0.4 is 14.8 Å². The third-order valence-corrected chi connectivity index (χ3v) is 3.79. The van der Waals surface area contributed by atoms with E-state index in [0.29, 0.717) is 17.2 Å². The number of benzene rings is 2. The minimum Gasteiger partial charge on any atom is -0.493 e. The van der Waals surface area contributed by atoms with Crippen LogP contribution in [0.5, 0.6) is 11.5 Å². The van der Waals surface area contributed by atoms with Crippen LogP contribution in [0.4, 0.5) is 5.69 Å². The maximum atomic E-state index is 12.2. The maximum Gasteiger partial charge on any atom is 0.262 e. The van der Waals surface area contributed by atoms with Gasteiger partial charge in [-0.25, -0.2) is 4.68 Å². The Morgan fingerprint density at radius 3 is 2.74 bits per heavy atom. The molecule has 0 aliphatic carbocycles. The van der Waals surface area contributed by atoms with Gasteiger partial charge in [0.25, 0.3) is 5.91 Å². The Morgan fingerprint density at radius 2 is 2.00 bits per heavy atom. The number of hydrogen-bond acceptors (Lipinski definition) is 4. The molecule has 0 bridgehead atoms. The molecule has 1 N–H and O–H groups in total. The van der Waals surface area contributed by atoms with Crippen LogP contribution in [0.15, 0.2) is 67.0 Å². The topological polar surface area (TPSA) is 65.4 Å². The van der Waals surface area contributed by atoms with E-state index in [1.807, 2.05) is 61.5 Å². The van der Waals surface area contributed by atoms with E-state index in [0.717, 1.165) is 11.3 Å². The summed E-state index contributed by atoms with van der Waals surface area (Å²) in [7, 11) is 1.57. The fraction of sp³-hybridized carbons (Fsp3) is 0.143. The molecule has 27 heavy (non-hydrogen) atoms. The van der Waals surface area contributed by atoms with Crippen LogP contribution in [0.3, 0.4) is 0 Å². The molecule has 0 saturated carbocycles. The predicted molar refractivity (Wildman–Crippen MR) is 105 cm³/mol. The summed E-state index contributed by atoms with van der Waals surface area (Å²) in [6, 6.07) is 15.2. The van der Waals surface area contributed by atoms with Crippen molar-refractivity contribution in [2.45, 2.75) is 6.92 Å². The summed E-state index contributed by atoms with van der Waals surface area (Å²) in [5, 5.41) is 7.02. The van der Waals surface area contributed by atoms with Crippen molar-refractivity contribution in [1.29, 1.82) is 0 Å². The van der Waals surface area contributed by atoms with E-state index >= 15 is 0 Å². The Kier molecular flexibility index (Phi) is 5.89. The average molecular weight is 363 g/mol. The Hall–Kier alpha value is -3.54. The molecule has 1 aromatic heterocycles. The van der Waals surface area contributed by atoms with Gasteiger partial charge in [0, 0.05) is 0 Å². The van der Waals surface area contributed by atoms with Gasteiger partial charge in [0.15, 0.2) is 18.1 Å². The Labute approximate surface area is 158 Å². The van der Waals surface area contributed by atoms with Gasteiger partial charge in [0.05, 0.1) is 30.9 Å². The van der Waals surface area contributed by atoms with Gasteiger partial charge in [-0.1, -0.05) is 36.4 Å². The Balaban J connectivity index is 1.60. The van der Waals surface area contributed by atoms with Crippen LogP contribution >= 0.6 is 0 Å². The van der Waals surface area contributed by atoms with Crippen molar-refractivity contribution >= 4 is 17.7 Å². The van der Waals surface area contributed by atoms with Crippen LogP contribution in [0, 0.1) is 0 Å². The number of carbonyl (C=O) groups excluding carboxylic acids is 1. The van der Waals surface area contributed by atoms with Crippen molar-refractivity contribution in [1.82, 2.24) is 9.78 Å². The molecule has 0 radical (unpaired) electrons. The third kappa shape index (κ3) is 4.76. The summed E-state index contributed by atoms with van der Waals surface area (Å²) >= 11 is 0. The van der Waals surface area contributed by atoms with E-state index in [9.17, 15) is 4.79 Å². The molecular weight excluding hydrogens is 342 g/mol. The molecule has 0 unspecified atom stereocenters. The van der Waals surface area contributed by atoms with E-state index < -0.39 is 0 Å². The SMILES string of the molecule is C/C=C/c1ccc(OCC(=O)Nc2cnn(-c3ccccc3)c2)c(OC)c1. The van der Waals surface area contributed by atoms with Gasteiger partial charge in [0.2, 0.25) is 0 Å². The smallest absolute Gasteiger partial charge is 0.262 e. The van der Waals surface area contributed by atoms with E-state index in [1.54, 1.807) is 30.3 Å². The highest BCUT2D eigenvalue weighted by molar-refractivity contribution is 5.91. The van der Waals surface area contributed by atoms with Gasteiger partial charge in [-0.05, 0) is 36.8 Å². The molecule has 0 aliphatic rings. The van der Waals surface area contributed by atoms with E-state index in [1.165, 1.54) is 0 Å². The molecule has 3 aromatic rings. The summed E-state index contributed by atoms with van der Waals surface area (Å²) < 4.78 is 12.6. The zero-order valence-corrected chi connectivity index (χ0v) is 15.3. The lowest BCUT2D eigenvalue weighted by atomic mass is 10.2. The van der Waals surface area contributed by atoms with Crippen LogP contribution in [0.25, 0.3) is 11.8 Å². The second-order valence-electron chi connectivity index (χ2n) is 5.76. The first kappa shape index (κ1) is 18.3. The summed E-state index contributed by atoms with van der Waals surface area (Å²) in [6.07, 6.45) is 7.25. The number of amides is 1. The Bertz CT molecular complexity index is 933. The van der Waals surface area contributed by atoms with Gasteiger partial charge >= 0.3 is 0 Å². The summed E-state index contributed by atoms with van der Waals surface area (Å²) in [5.74, 6) is 0.818. The van der Waals surface area contributed by atoms with Crippen molar-refractivity contribution in [2.75, 3.05) is 19.0 Å². The van der Waals surface area contributed by atoms with Crippen LogP contribution in [-0.4, -0.2) is 29.4 Å². The standard InChI is InChI=1S/C21H21N3O3/c1-3-7-16-10-11-19(20(12-16)26-2)27-15-21(25)23-17-13-22-24(14-17)18-8-5-4-6-9-18/h3-14H,15H2,1-2H3,(H,23,25)/b7-3+. The molecule has 2 aromatic carbocycles. The molecule has 0 fully saturated rings. The molecule has 0 spiro atoms. The van der Waals surface area contributed by atoms with Crippen molar-refractivity contribution in [3.8, 4) is 17.2 Å². The number of nitrogens with one attached hydrogen (secondary N) is 1. The van der Waals surface area contributed by atoms with Crippen molar-refractivity contribution in [2.24, 2.45) is 0 Å². The lowest BCUT2D eigenvalue weighted by Crippen LogP contribution is -2.20. The largest absolute Gasteiger partial charge is 0.493 e. The van der Waals surface area contributed by atoms with Gasteiger partial charge in [-0.15, -0.1) is 0 Å². The van der Waals surface area contributed by atoms with Crippen LogP contribution in [0.1, 0.15) is 12.5 Å². The number of anilines is 1. The lowest BCUT2D eigenvalue weighted by Gasteiger charge is -2.11. The number of nitrogens with zero attached hydrogens (tertiary/aromatic N) is 2. The third-order valence-electron chi connectivity index (χ3n) is 3.79.